The monoisotopic (exact) mass is 198 g/mol. The quantitative estimate of drug-likeness (QED) is 0.609. The summed E-state index contributed by atoms with van der Waals surface area (Å²) in [7, 11) is 0. The van der Waals surface area contributed by atoms with Crippen molar-refractivity contribution in [2.75, 3.05) is 13.1 Å². The molecule has 2 fully saturated rings. The molecule has 14 heavy (non-hydrogen) atoms. The highest BCUT2D eigenvalue weighted by Gasteiger charge is 2.72. The average molecular weight is 198 g/mol. The topological polar surface area (TPSA) is 66.6 Å². The number of carbonyl (C=O) groups is 1. The molecule has 3 atom stereocenters. The van der Waals surface area contributed by atoms with Crippen molar-refractivity contribution in [1.82, 2.24) is 4.90 Å². The zero-order chi connectivity index (χ0) is 10.7. The molecule has 0 radical (unpaired) electrons. The van der Waals surface area contributed by atoms with E-state index in [-0.39, 0.29) is 16.9 Å². The van der Waals surface area contributed by atoms with E-state index in [1.54, 1.807) is 0 Å². The fourth-order valence-electron chi connectivity index (χ4n) is 3.11. The van der Waals surface area contributed by atoms with Crippen molar-refractivity contribution in [3.63, 3.8) is 0 Å². The Hall–Kier alpha value is -0.770. The van der Waals surface area contributed by atoms with Crippen LogP contribution in [0.5, 0.6) is 0 Å². The fraction of sp³-hybridized carbons (Fsp3) is 0.900. The lowest BCUT2D eigenvalue weighted by Crippen LogP contribution is -2.40. The first-order valence-corrected chi connectivity index (χ1v) is 5.04. The molecule has 3 unspecified atom stereocenters. The van der Waals surface area contributed by atoms with Crippen LogP contribution in [-0.4, -0.2) is 35.2 Å². The summed E-state index contributed by atoms with van der Waals surface area (Å²) in [5, 5.41) is 8.90. The summed E-state index contributed by atoms with van der Waals surface area (Å²) in [6.07, 6.45) is -0.812. The zero-order valence-corrected chi connectivity index (χ0v) is 8.95. The van der Waals surface area contributed by atoms with E-state index in [2.05, 4.69) is 20.8 Å². The maximum atomic E-state index is 10.8. The minimum absolute atomic E-state index is 0.0331. The molecular weight excluding hydrogens is 180 g/mol. The van der Waals surface area contributed by atoms with E-state index >= 15 is 0 Å². The summed E-state index contributed by atoms with van der Waals surface area (Å²) in [6, 6.07) is 0.193. The summed E-state index contributed by atoms with van der Waals surface area (Å²) in [6.45, 7) is 7.68. The third-order valence-corrected chi connectivity index (χ3v) is 4.12. The second kappa shape index (κ2) is 2.42. The van der Waals surface area contributed by atoms with Crippen LogP contribution < -0.4 is 5.73 Å². The SMILES string of the molecule is CC(C)(C)C12CN(C(=O)O)CC1C2N. The molecule has 4 nitrogen and oxygen atoms in total. The second-order valence-electron chi connectivity index (χ2n) is 5.59. The Kier molecular flexibility index (Phi) is 1.69. The molecule has 4 heteroatoms. The first kappa shape index (κ1) is 9.77. The third-order valence-electron chi connectivity index (χ3n) is 4.12. The molecule has 0 aromatic rings. The van der Waals surface area contributed by atoms with Crippen molar-refractivity contribution in [2.24, 2.45) is 22.5 Å². The number of hydrogen-bond donors (Lipinski definition) is 2. The number of nitrogens with zero attached hydrogens (tertiary/aromatic N) is 1. The van der Waals surface area contributed by atoms with Crippen LogP contribution in [0.4, 0.5) is 4.79 Å². The van der Waals surface area contributed by atoms with Crippen LogP contribution >= 0.6 is 0 Å². The van der Waals surface area contributed by atoms with Crippen LogP contribution in [0.3, 0.4) is 0 Å². The molecular formula is C10H18N2O2. The molecule has 0 bridgehead atoms. The van der Waals surface area contributed by atoms with E-state index in [1.807, 2.05) is 0 Å². The minimum atomic E-state index is -0.812. The lowest BCUT2D eigenvalue weighted by atomic mass is 9.76. The van der Waals surface area contributed by atoms with Crippen molar-refractivity contribution < 1.29 is 9.90 Å². The maximum Gasteiger partial charge on any atom is 0.407 e. The van der Waals surface area contributed by atoms with Crippen LogP contribution in [0.2, 0.25) is 0 Å². The maximum absolute atomic E-state index is 10.8. The van der Waals surface area contributed by atoms with E-state index in [0.29, 0.717) is 19.0 Å². The Balaban J connectivity index is 2.19. The first-order valence-electron chi connectivity index (χ1n) is 5.04. The smallest absolute Gasteiger partial charge is 0.407 e. The van der Waals surface area contributed by atoms with Crippen molar-refractivity contribution in [3.05, 3.63) is 0 Å². The van der Waals surface area contributed by atoms with Crippen LogP contribution in [0.25, 0.3) is 0 Å². The molecule has 3 N–H and O–H groups in total. The Morgan fingerprint density at radius 1 is 1.57 bits per heavy atom. The standard InChI is InChI=1S/C10H18N2O2/c1-9(2,3)10-5-12(8(13)14)4-6(10)7(10)11/h6-7H,4-5,11H2,1-3H3,(H,13,14). The number of fused-ring (bicyclic) bond motifs is 1. The number of rotatable bonds is 0. The molecule has 1 aliphatic heterocycles. The first-order chi connectivity index (χ1) is 6.30. The summed E-state index contributed by atoms with van der Waals surface area (Å²) in [5.74, 6) is 0.374. The highest BCUT2D eigenvalue weighted by molar-refractivity contribution is 5.66. The Bertz CT molecular complexity index is 284. The zero-order valence-electron chi connectivity index (χ0n) is 8.95. The summed E-state index contributed by atoms with van der Waals surface area (Å²) < 4.78 is 0. The van der Waals surface area contributed by atoms with Crippen LogP contribution in [0, 0.1) is 16.7 Å². The van der Waals surface area contributed by atoms with Gasteiger partial charge in [0.1, 0.15) is 0 Å². The van der Waals surface area contributed by atoms with Gasteiger partial charge in [0, 0.05) is 30.5 Å². The molecule has 0 aromatic heterocycles. The molecule has 1 aliphatic carbocycles. The van der Waals surface area contributed by atoms with Crippen molar-refractivity contribution >= 4 is 6.09 Å². The van der Waals surface area contributed by atoms with Crippen molar-refractivity contribution in [2.45, 2.75) is 26.8 Å². The molecule has 1 saturated carbocycles. The molecule has 80 valence electrons. The molecule has 0 spiro atoms. The number of piperidine rings is 1. The normalized spacial score (nSPS) is 41.0. The summed E-state index contributed by atoms with van der Waals surface area (Å²) in [4.78, 5) is 12.3. The number of hydrogen-bond acceptors (Lipinski definition) is 2. The highest BCUT2D eigenvalue weighted by atomic mass is 16.4. The highest BCUT2D eigenvalue weighted by Crippen LogP contribution is 2.65. The number of amides is 1. The van der Waals surface area contributed by atoms with E-state index < -0.39 is 6.09 Å². The average Bonchev–Trinajstić information content (AvgIpc) is 2.46. The van der Waals surface area contributed by atoms with Gasteiger partial charge in [-0.25, -0.2) is 4.79 Å². The van der Waals surface area contributed by atoms with Gasteiger partial charge < -0.3 is 15.7 Å². The van der Waals surface area contributed by atoms with Gasteiger partial charge >= 0.3 is 6.09 Å². The summed E-state index contributed by atoms with van der Waals surface area (Å²) >= 11 is 0. The van der Waals surface area contributed by atoms with Crippen LogP contribution in [-0.2, 0) is 0 Å². The van der Waals surface area contributed by atoms with Crippen LogP contribution in [0.1, 0.15) is 20.8 Å². The van der Waals surface area contributed by atoms with Crippen LogP contribution in [0.15, 0.2) is 0 Å². The molecule has 1 heterocycles. The second-order valence-corrected chi connectivity index (χ2v) is 5.59. The minimum Gasteiger partial charge on any atom is -0.465 e. The number of likely N-dealkylation sites (tertiary alicyclic amines) is 1. The lowest BCUT2D eigenvalue weighted by molar-refractivity contribution is 0.129. The van der Waals surface area contributed by atoms with Gasteiger partial charge in [0.25, 0.3) is 0 Å². The van der Waals surface area contributed by atoms with Gasteiger partial charge in [0.2, 0.25) is 0 Å². The van der Waals surface area contributed by atoms with Gasteiger partial charge in [-0.15, -0.1) is 0 Å². The fourth-order valence-corrected chi connectivity index (χ4v) is 3.11. The van der Waals surface area contributed by atoms with Crippen molar-refractivity contribution in [3.8, 4) is 0 Å². The van der Waals surface area contributed by atoms with Gasteiger partial charge in [0.15, 0.2) is 0 Å². The predicted octanol–water partition coefficient (Wildman–Crippen LogP) is 0.970. The lowest BCUT2D eigenvalue weighted by Gasteiger charge is -2.31. The van der Waals surface area contributed by atoms with E-state index in [9.17, 15) is 4.79 Å². The molecule has 1 saturated heterocycles. The largest absolute Gasteiger partial charge is 0.465 e. The van der Waals surface area contributed by atoms with Gasteiger partial charge in [-0.1, -0.05) is 20.8 Å². The van der Waals surface area contributed by atoms with Gasteiger partial charge in [-0.3, -0.25) is 0 Å². The molecule has 0 aromatic carbocycles. The Morgan fingerprint density at radius 2 is 2.14 bits per heavy atom. The van der Waals surface area contributed by atoms with Gasteiger partial charge in [-0.2, -0.15) is 0 Å². The number of carboxylic acid groups (broad SMARTS) is 1. The number of nitrogens with two attached hydrogens (primary N) is 1. The third kappa shape index (κ3) is 0.947. The van der Waals surface area contributed by atoms with E-state index in [4.69, 9.17) is 10.8 Å². The van der Waals surface area contributed by atoms with Gasteiger partial charge in [-0.05, 0) is 5.41 Å². The van der Waals surface area contributed by atoms with E-state index in [0.717, 1.165) is 0 Å². The molecule has 2 aliphatic rings. The Labute approximate surface area is 84.1 Å². The molecule has 2 rings (SSSR count). The van der Waals surface area contributed by atoms with Crippen molar-refractivity contribution in [1.29, 1.82) is 0 Å². The van der Waals surface area contributed by atoms with Gasteiger partial charge in [0.05, 0.1) is 0 Å². The molecule has 1 amide bonds. The predicted molar refractivity (Wildman–Crippen MR) is 53.0 cm³/mol. The summed E-state index contributed by atoms with van der Waals surface area (Å²) in [5.41, 5.74) is 6.17. The van der Waals surface area contributed by atoms with E-state index in [1.165, 1.54) is 4.90 Å². The Morgan fingerprint density at radius 3 is 2.50 bits per heavy atom.